The first-order valence-corrected chi connectivity index (χ1v) is 15.2. The largest absolute Gasteiger partial charge is 0.481 e. The first kappa shape index (κ1) is 34.7. The number of hydrogen-bond donors (Lipinski definition) is 1. The van der Waals surface area contributed by atoms with Crippen molar-refractivity contribution in [2.24, 2.45) is 17.8 Å². The fraction of sp³-hybridized carbons (Fsp3) is 0.576. The lowest BCUT2D eigenvalue weighted by Crippen LogP contribution is -2.47. The van der Waals surface area contributed by atoms with E-state index in [1.807, 2.05) is 0 Å². The average molecular weight is 645 g/mol. The van der Waals surface area contributed by atoms with Crippen molar-refractivity contribution >= 4 is 11.9 Å². The van der Waals surface area contributed by atoms with E-state index in [4.69, 9.17) is 5.11 Å². The van der Waals surface area contributed by atoms with E-state index >= 15 is 0 Å². The van der Waals surface area contributed by atoms with E-state index in [9.17, 15) is 40.3 Å². The minimum atomic E-state index is -5.01. The van der Waals surface area contributed by atoms with Crippen LogP contribution >= 0.6 is 0 Å². The maximum Gasteiger partial charge on any atom is 0.416 e. The van der Waals surface area contributed by atoms with Crippen LogP contribution in [0.2, 0.25) is 0 Å². The Hall–Kier alpha value is -3.15. The molecule has 1 N–H and O–H groups in total. The topological polar surface area (TPSA) is 60.9 Å². The van der Waals surface area contributed by atoms with E-state index in [-0.39, 0.29) is 29.9 Å². The van der Waals surface area contributed by atoms with Gasteiger partial charge < -0.3 is 14.9 Å². The SMILES string of the molecule is Cc1cc(F)ccc1[C@H]1CN(C[C@H]2CC[C@@H](CC(=O)O)CC2)CC[C@@H]1C(=O)N(C)[C@@H](C)c1cc(C(F)(F)F)cc(C(F)(F)F)c1. The van der Waals surface area contributed by atoms with Crippen LogP contribution < -0.4 is 0 Å². The van der Waals surface area contributed by atoms with Gasteiger partial charge in [-0.15, -0.1) is 0 Å². The summed E-state index contributed by atoms with van der Waals surface area (Å²) in [5, 5.41) is 9.11. The second-order valence-electron chi connectivity index (χ2n) is 12.7. The molecule has 5 nitrogen and oxygen atoms in total. The number of likely N-dealkylation sites (tertiary alicyclic amines) is 1. The third-order valence-corrected chi connectivity index (χ3v) is 9.61. The first-order chi connectivity index (χ1) is 20.9. The summed E-state index contributed by atoms with van der Waals surface area (Å²) in [4.78, 5) is 28.6. The molecule has 4 rings (SSSR count). The van der Waals surface area contributed by atoms with Gasteiger partial charge in [0.05, 0.1) is 17.2 Å². The highest BCUT2D eigenvalue weighted by Gasteiger charge is 2.41. The van der Waals surface area contributed by atoms with Gasteiger partial charge in [0.25, 0.3) is 0 Å². The van der Waals surface area contributed by atoms with Crippen molar-refractivity contribution in [2.45, 2.75) is 76.7 Å². The molecule has 248 valence electrons. The van der Waals surface area contributed by atoms with Crippen LogP contribution in [0.15, 0.2) is 36.4 Å². The Morgan fingerprint density at radius 2 is 1.51 bits per heavy atom. The second-order valence-corrected chi connectivity index (χ2v) is 12.7. The van der Waals surface area contributed by atoms with Gasteiger partial charge in [-0.25, -0.2) is 4.39 Å². The number of aryl methyl sites for hydroxylation is 1. The fourth-order valence-corrected chi connectivity index (χ4v) is 6.98. The molecular formula is C33H39F7N2O3. The quantitative estimate of drug-likeness (QED) is 0.295. The summed E-state index contributed by atoms with van der Waals surface area (Å²) in [7, 11) is 1.39. The van der Waals surface area contributed by atoms with Crippen LogP contribution in [0, 0.1) is 30.5 Å². The Kier molecular flexibility index (Phi) is 10.6. The maximum absolute atomic E-state index is 14.0. The number of nitrogens with zero attached hydrogens (tertiary/aromatic N) is 2. The molecule has 1 heterocycles. The van der Waals surface area contributed by atoms with Crippen molar-refractivity contribution in [3.63, 3.8) is 0 Å². The zero-order valence-electron chi connectivity index (χ0n) is 25.5. The molecule has 12 heteroatoms. The molecule has 2 fully saturated rings. The molecule has 45 heavy (non-hydrogen) atoms. The molecule has 1 saturated carbocycles. The van der Waals surface area contributed by atoms with Gasteiger partial charge in [-0.1, -0.05) is 6.07 Å². The summed E-state index contributed by atoms with van der Waals surface area (Å²) >= 11 is 0. The summed E-state index contributed by atoms with van der Waals surface area (Å²) in [6.45, 7) is 4.94. The van der Waals surface area contributed by atoms with E-state index in [2.05, 4.69) is 4.90 Å². The number of carbonyl (C=O) groups excluding carboxylic acids is 1. The minimum absolute atomic E-state index is 0.0692. The van der Waals surface area contributed by atoms with Crippen molar-refractivity contribution in [3.05, 3.63) is 70.0 Å². The van der Waals surface area contributed by atoms with Gasteiger partial charge in [0, 0.05) is 38.4 Å². The summed E-state index contributed by atoms with van der Waals surface area (Å²) < 4.78 is 95.2. The lowest BCUT2D eigenvalue weighted by molar-refractivity contribution is -0.143. The minimum Gasteiger partial charge on any atom is -0.481 e. The number of aliphatic carboxylic acids is 1. The number of piperidine rings is 1. The van der Waals surface area contributed by atoms with Crippen LogP contribution in [0.4, 0.5) is 30.7 Å². The summed E-state index contributed by atoms with van der Waals surface area (Å²) in [6.07, 6.45) is -5.99. The van der Waals surface area contributed by atoms with Crippen molar-refractivity contribution in [1.82, 2.24) is 9.80 Å². The van der Waals surface area contributed by atoms with Crippen LogP contribution in [-0.2, 0) is 21.9 Å². The Balaban J connectivity index is 1.56. The van der Waals surface area contributed by atoms with Crippen molar-refractivity contribution in [1.29, 1.82) is 0 Å². The Morgan fingerprint density at radius 3 is 2.04 bits per heavy atom. The summed E-state index contributed by atoms with van der Waals surface area (Å²) in [5.74, 6) is -2.11. The van der Waals surface area contributed by atoms with Crippen molar-refractivity contribution < 1.29 is 45.4 Å². The van der Waals surface area contributed by atoms with Gasteiger partial charge in [-0.3, -0.25) is 9.59 Å². The predicted octanol–water partition coefficient (Wildman–Crippen LogP) is 8.08. The first-order valence-electron chi connectivity index (χ1n) is 15.2. The lowest BCUT2D eigenvalue weighted by Gasteiger charge is -2.42. The van der Waals surface area contributed by atoms with Gasteiger partial charge in [0.15, 0.2) is 0 Å². The van der Waals surface area contributed by atoms with Crippen LogP contribution in [-0.4, -0.2) is 53.5 Å². The molecule has 2 aliphatic rings. The predicted molar refractivity (Wildman–Crippen MR) is 154 cm³/mol. The van der Waals surface area contributed by atoms with Gasteiger partial charge >= 0.3 is 18.3 Å². The Morgan fingerprint density at radius 1 is 0.933 bits per heavy atom. The number of carbonyl (C=O) groups is 2. The van der Waals surface area contributed by atoms with E-state index in [1.165, 1.54) is 31.0 Å². The van der Waals surface area contributed by atoms with Crippen molar-refractivity contribution in [2.75, 3.05) is 26.7 Å². The molecule has 0 aromatic heterocycles. The molecule has 1 amide bonds. The van der Waals surface area contributed by atoms with E-state index < -0.39 is 53.1 Å². The smallest absolute Gasteiger partial charge is 0.416 e. The molecule has 0 radical (unpaired) electrons. The van der Waals surface area contributed by atoms with Gasteiger partial charge in [-0.2, -0.15) is 26.3 Å². The molecule has 1 aliphatic heterocycles. The molecule has 1 aliphatic carbocycles. The summed E-state index contributed by atoms with van der Waals surface area (Å²) in [5.41, 5.74) is -1.74. The van der Waals surface area contributed by atoms with Crippen LogP contribution in [0.5, 0.6) is 0 Å². The van der Waals surface area contributed by atoms with Crippen molar-refractivity contribution in [3.8, 4) is 0 Å². The Bertz CT molecular complexity index is 1340. The highest BCUT2D eigenvalue weighted by Crippen LogP contribution is 2.41. The Labute approximate surface area is 258 Å². The van der Waals surface area contributed by atoms with E-state index in [0.29, 0.717) is 43.1 Å². The van der Waals surface area contributed by atoms with Crippen LogP contribution in [0.1, 0.15) is 85.2 Å². The van der Waals surface area contributed by atoms with Gasteiger partial charge in [-0.05, 0) is 111 Å². The normalized spacial score (nSPS) is 23.9. The molecule has 2 aromatic rings. The number of rotatable bonds is 8. The second kappa shape index (κ2) is 13.7. The number of carboxylic acids is 1. The van der Waals surface area contributed by atoms with E-state index in [1.54, 1.807) is 13.0 Å². The number of hydrogen-bond acceptors (Lipinski definition) is 3. The molecule has 0 spiro atoms. The zero-order valence-corrected chi connectivity index (χ0v) is 25.5. The number of alkyl halides is 6. The van der Waals surface area contributed by atoms with Crippen LogP contribution in [0.3, 0.4) is 0 Å². The standard InChI is InChI=1S/C33H39F7N2O3/c1-19-12-26(34)8-9-27(19)29-18-42(17-22-6-4-21(5-7-22)13-30(43)44)11-10-28(29)31(45)41(3)20(2)23-14-24(32(35,36)37)16-25(15-23)33(38,39)40/h8-9,12,14-16,20-22,28-29H,4-7,10-11,13,17-18H2,1-3H3,(H,43,44)/t20-,21-,22+,28-,29+/m0/s1. The average Bonchev–Trinajstić information content (AvgIpc) is 2.95. The van der Waals surface area contributed by atoms with Gasteiger partial charge in [0.2, 0.25) is 5.91 Å². The molecule has 3 atom stereocenters. The molecule has 0 unspecified atom stereocenters. The molecule has 2 aromatic carbocycles. The third kappa shape index (κ3) is 8.56. The molecule has 0 bridgehead atoms. The number of carboxylic acid groups (broad SMARTS) is 1. The third-order valence-electron chi connectivity index (χ3n) is 9.61. The monoisotopic (exact) mass is 644 g/mol. The number of amides is 1. The van der Waals surface area contributed by atoms with E-state index in [0.717, 1.165) is 37.8 Å². The maximum atomic E-state index is 14.0. The zero-order chi connectivity index (χ0) is 33.3. The number of benzene rings is 2. The number of halogens is 7. The molecule has 1 saturated heterocycles. The summed E-state index contributed by atoms with van der Waals surface area (Å²) in [6, 6.07) is 4.63. The van der Waals surface area contributed by atoms with Crippen LogP contribution in [0.25, 0.3) is 0 Å². The highest BCUT2D eigenvalue weighted by molar-refractivity contribution is 5.80. The lowest BCUT2D eigenvalue weighted by atomic mass is 9.76. The van der Waals surface area contributed by atoms with Gasteiger partial charge in [0.1, 0.15) is 5.82 Å². The molecular weight excluding hydrogens is 605 g/mol. The highest BCUT2D eigenvalue weighted by atomic mass is 19.4. The fourth-order valence-electron chi connectivity index (χ4n) is 6.98.